The first-order chi connectivity index (χ1) is 11.5. The highest BCUT2D eigenvalue weighted by Gasteiger charge is 2.18. The third-order valence-electron chi connectivity index (χ3n) is 3.52. The highest BCUT2D eigenvalue weighted by molar-refractivity contribution is 5.94. The summed E-state index contributed by atoms with van der Waals surface area (Å²) in [4.78, 5) is 23.3. The summed E-state index contributed by atoms with van der Waals surface area (Å²) in [5.41, 5.74) is 2.20. The Morgan fingerprint density at radius 1 is 0.708 bits per heavy atom. The van der Waals surface area contributed by atoms with Gasteiger partial charge in [0.2, 0.25) is 0 Å². The van der Waals surface area contributed by atoms with Gasteiger partial charge in [-0.3, -0.25) is 0 Å². The topological polar surface area (TPSA) is 71.1 Å². The standard InChI is InChI=1S/C18H18O6/c1-21-14-9-13(18(20)24-4)10-15(22-2)16(14)11-5-7-12(8-6-11)17(19)23-3/h5-10H,1-4H3. The van der Waals surface area contributed by atoms with Crippen molar-refractivity contribution < 1.29 is 28.5 Å². The molecule has 0 aliphatic rings. The van der Waals surface area contributed by atoms with E-state index in [1.807, 2.05) is 0 Å². The molecule has 0 spiro atoms. The highest BCUT2D eigenvalue weighted by atomic mass is 16.5. The Bertz CT molecular complexity index is 724. The van der Waals surface area contributed by atoms with Gasteiger partial charge in [0.15, 0.2) is 0 Å². The van der Waals surface area contributed by atoms with Crippen molar-refractivity contribution >= 4 is 11.9 Å². The molecular weight excluding hydrogens is 312 g/mol. The molecule has 0 saturated carbocycles. The Labute approximate surface area is 139 Å². The van der Waals surface area contributed by atoms with E-state index < -0.39 is 11.9 Å². The van der Waals surface area contributed by atoms with Gasteiger partial charge in [0.25, 0.3) is 0 Å². The van der Waals surface area contributed by atoms with Gasteiger partial charge < -0.3 is 18.9 Å². The van der Waals surface area contributed by atoms with Crippen LogP contribution >= 0.6 is 0 Å². The number of methoxy groups -OCH3 is 4. The van der Waals surface area contributed by atoms with Gasteiger partial charge in [0, 0.05) is 0 Å². The van der Waals surface area contributed by atoms with Crippen LogP contribution in [0.2, 0.25) is 0 Å². The summed E-state index contributed by atoms with van der Waals surface area (Å²) < 4.78 is 20.2. The molecule has 0 aromatic heterocycles. The van der Waals surface area contributed by atoms with Crippen LogP contribution in [0.15, 0.2) is 36.4 Å². The lowest BCUT2D eigenvalue weighted by molar-refractivity contribution is 0.0591. The number of esters is 2. The summed E-state index contributed by atoms with van der Waals surface area (Å²) in [5.74, 6) is 0.0156. The SMILES string of the molecule is COC(=O)c1ccc(-c2c(OC)cc(C(=O)OC)cc2OC)cc1. The first-order valence-corrected chi connectivity index (χ1v) is 7.08. The van der Waals surface area contributed by atoms with Gasteiger partial charge in [-0.25, -0.2) is 9.59 Å². The molecule has 24 heavy (non-hydrogen) atoms. The molecular formula is C18H18O6. The van der Waals surface area contributed by atoms with Crippen LogP contribution in [0.25, 0.3) is 11.1 Å². The van der Waals surface area contributed by atoms with Crippen molar-refractivity contribution in [2.45, 2.75) is 0 Å². The molecule has 0 fully saturated rings. The second-order valence-electron chi connectivity index (χ2n) is 4.82. The molecule has 0 atom stereocenters. The van der Waals surface area contributed by atoms with E-state index in [0.717, 1.165) is 5.56 Å². The molecule has 6 heteroatoms. The third-order valence-corrected chi connectivity index (χ3v) is 3.52. The van der Waals surface area contributed by atoms with E-state index in [9.17, 15) is 9.59 Å². The van der Waals surface area contributed by atoms with Crippen molar-refractivity contribution in [1.82, 2.24) is 0 Å². The van der Waals surface area contributed by atoms with Gasteiger partial charge in [0.1, 0.15) is 11.5 Å². The maximum Gasteiger partial charge on any atom is 0.338 e. The maximum absolute atomic E-state index is 11.8. The summed E-state index contributed by atoms with van der Waals surface area (Å²) in [6, 6.07) is 9.97. The van der Waals surface area contributed by atoms with E-state index in [-0.39, 0.29) is 0 Å². The molecule has 0 aliphatic carbocycles. The van der Waals surface area contributed by atoms with E-state index in [1.165, 1.54) is 28.4 Å². The second-order valence-corrected chi connectivity index (χ2v) is 4.82. The maximum atomic E-state index is 11.8. The van der Waals surface area contributed by atoms with Crippen LogP contribution in [0.4, 0.5) is 0 Å². The molecule has 0 radical (unpaired) electrons. The smallest absolute Gasteiger partial charge is 0.338 e. The fourth-order valence-corrected chi connectivity index (χ4v) is 2.32. The predicted octanol–water partition coefficient (Wildman–Crippen LogP) is 2.94. The fourth-order valence-electron chi connectivity index (χ4n) is 2.32. The highest BCUT2D eigenvalue weighted by Crippen LogP contribution is 2.39. The number of hydrogen-bond donors (Lipinski definition) is 0. The number of carbonyl (C=O) groups is 2. The number of carbonyl (C=O) groups excluding carboxylic acids is 2. The Balaban J connectivity index is 2.56. The number of ether oxygens (including phenoxy) is 4. The van der Waals surface area contributed by atoms with Crippen LogP contribution in [-0.4, -0.2) is 40.4 Å². The van der Waals surface area contributed by atoms with E-state index in [2.05, 4.69) is 4.74 Å². The lowest BCUT2D eigenvalue weighted by atomic mass is 9.99. The molecule has 0 bridgehead atoms. The summed E-state index contributed by atoms with van der Waals surface area (Å²) in [6.45, 7) is 0. The quantitative estimate of drug-likeness (QED) is 0.785. The number of rotatable bonds is 5. The molecule has 2 aromatic rings. The fraction of sp³-hybridized carbons (Fsp3) is 0.222. The largest absolute Gasteiger partial charge is 0.496 e. The van der Waals surface area contributed by atoms with E-state index in [1.54, 1.807) is 36.4 Å². The van der Waals surface area contributed by atoms with Gasteiger partial charge in [-0.05, 0) is 29.8 Å². The molecule has 0 amide bonds. The van der Waals surface area contributed by atoms with Crippen molar-refractivity contribution in [1.29, 1.82) is 0 Å². The number of hydrogen-bond acceptors (Lipinski definition) is 6. The summed E-state index contributed by atoms with van der Waals surface area (Å²) >= 11 is 0. The van der Waals surface area contributed by atoms with Gasteiger partial charge in [-0.2, -0.15) is 0 Å². The van der Waals surface area contributed by atoms with E-state index >= 15 is 0 Å². The normalized spacial score (nSPS) is 10.0. The minimum Gasteiger partial charge on any atom is -0.496 e. The summed E-state index contributed by atoms with van der Waals surface area (Å²) in [6.07, 6.45) is 0. The van der Waals surface area contributed by atoms with Crippen LogP contribution in [0.3, 0.4) is 0 Å². The van der Waals surface area contributed by atoms with Gasteiger partial charge in [0.05, 0.1) is 45.1 Å². The minimum atomic E-state index is -0.487. The van der Waals surface area contributed by atoms with Crippen molar-refractivity contribution in [3.8, 4) is 22.6 Å². The minimum absolute atomic E-state index is 0.320. The molecule has 0 aliphatic heterocycles. The van der Waals surface area contributed by atoms with Gasteiger partial charge >= 0.3 is 11.9 Å². The summed E-state index contributed by atoms with van der Waals surface area (Å²) in [5, 5.41) is 0. The Hall–Kier alpha value is -3.02. The zero-order valence-electron chi connectivity index (χ0n) is 13.9. The van der Waals surface area contributed by atoms with Gasteiger partial charge in [-0.15, -0.1) is 0 Å². The average molecular weight is 330 g/mol. The molecule has 2 rings (SSSR count). The summed E-state index contributed by atoms with van der Waals surface area (Å²) in [7, 11) is 5.64. The van der Waals surface area contributed by atoms with Crippen LogP contribution in [0.5, 0.6) is 11.5 Å². The molecule has 2 aromatic carbocycles. The van der Waals surface area contributed by atoms with Crippen LogP contribution in [0.1, 0.15) is 20.7 Å². The Morgan fingerprint density at radius 2 is 1.17 bits per heavy atom. The molecule has 0 saturated heterocycles. The molecule has 0 N–H and O–H groups in total. The molecule has 6 nitrogen and oxygen atoms in total. The Morgan fingerprint density at radius 3 is 1.58 bits per heavy atom. The van der Waals surface area contributed by atoms with Gasteiger partial charge in [-0.1, -0.05) is 12.1 Å². The first-order valence-electron chi connectivity index (χ1n) is 7.08. The van der Waals surface area contributed by atoms with Crippen molar-refractivity contribution in [2.75, 3.05) is 28.4 Å². The lowest BCUT2D eigenvalue weighted by Crippen LogP contribution is -2.04. The van der Waals surface area contributed by atoms with Crippen molar-refractivity contribution in [3.63, 3.8) is 0 Å². The van der Waals surface area contributed by atoms with Crippen molar-refractivity contribution in [3.05, 3.63) is 47.5 Å². The van der Waals surface area contributed by atoms with Crippen LogP contribution in [0, 0.1) is 0 Å². The van der Waals surface area contributed by atoms with Crippen LogP contribution in [-0.2, 0) is 9.47 Å². The third kappa shape index (κ3) is 3.32. The monoisotopic (exact) mass is 330 g/mol. The van der Waals surface area contributed by atoms with E-state index in [4.69, 9.17) is 14.2 Å². The molecule has 126 valence electrons. The predicted molar refractivity (Wildman–Crippen MR) is 87.7 cm³/mol. The Kier molecular flexibility index (Phi) is 5.42. The lowest BCUT2D eigenvalue weighted by Gasteiger charge is -2.15. The number of benzene rings is 2. The molecule has 0 unspecified atom stereocenters. The zero-order valence-corrected chi connectivity index (χ0v) is 13.9. The van der Waals surface area contributed by atoms with Crippen molar-refractivity contribution in [2.24, 2.45) is 0 Å². The average Bonchev–Trinajstić information content (AvgIpc) is 2.65. The van der Waals surface area contributed by atoms with E-state index in [0.29, 0.717) is 28.2 Å². The first kappa shape index (κ1) is 17.3. The van der Waals surface area contributed by atoms with Crippen LogP contribution < -0.4 is 9.47 Å². The second kappa shape index (κ2) is 7.50. The molecule has 0 heterocycles. The zero-order chi connectivity index (χ0) is 17.7.